The van der Waals surface area contributed by atoms with Crippen LogP contribution in [0.1, 0.15) is 18.1 Å². The van der Waals surface area contributed by atoms with E-state index in [4.69, 9.17) is 10.00 Å². The third kappa shape index (κ3) is 4.17. The van der Waals surface area contributed by atoms with Crippen LogP contribution in [0.3, 0.4) is 0 Å². The average molecular weight is 350 g/mol. The van der Waals surface area contributed by atoms with E-state index >= 15 is 0 Å². The van der Waals surface area contributed by atoms with Crippen LogP contribution in [0, 0.1) is 11.3 Å². The fourth-order valence-corrected chi connectivity index (χ4v) is 3.55. The van der Waals surface area contributed by atoms with Crippen LogP contribution in [0.5, 0.6) is 5.75 Å². The summed E-state index contributed by atoms with van der Waals surface area (Å²) in [7, 11) is 0. The number of nitrogens with zero attached hydrogens (tertiary/aromatic N) is 1. The van der Waals surface area contributed by atoms with Gasteiger partial charge in [0.2, 0.25) is 0 Å². The fraction of sp³-hybridized carbons (Fsp3) is 0.200. The van der Waals surface area contributed by atoms with Crippen molar-refractivity contribution >= 4 is 27.3 Å². The van der Waals surface area contributed by atoms with E-state index in [1.807, 2.05) is 12.1 Å². The quantitative estimate of drug-likeness (QED) is 0.733. The molecule has 1 heterocycles. The van der Waals surface area contributed by atoms with Gasteiger partial charge in [-0.2, -0.15) is 5.26 Å². The number of hydrogen-bond acceptors (Lipinski definition) is 4. The maximum atomic E-state index is 12.2. The van der Waals surface area contributed by atoms with Crippen LogP contribution in [-0.2, 0) is 11.2 Å². The Balaban J connectivity index is 1.50. The minimum atomic E-state index is -0.591. The van der Waals surface area contributed by atoms with Crippen LogP contribution in [0.4, 0.5) is 0 Å². The van der Waals surface area contributed by atoms with Crippen LogP contribution in [0.15, 0.2) is 53.9 Å². The molecule has 3 aromatic rings. The summed E-state index contributed by atoms with van der Waals surface area (Å²) in [6, 6.07) is 17.1. The molecule has 0 aliphatic rings. The molecule has 5 heteroatoms. The number of nitriles is 1. The zero-order chi connectivity index (χ0) is 17.6. The molecule has 3 rings (SSSR count). The monoisotopic (exact) mass is 350 g/mol. The number of thiophene rings is 1. The van der Waals surface area contributed by atoms with Crippen LogP contribution in [0.2, 0.25) is 0 Å². The number of ether oxygens (including phenoxy) is 1. The smallest absolute Gasteiger partial charge is 0.260 e. The Kier molecular flexibility index (Phi) is 5.32. The van der Waals surface area contributed by atoms with Crippen molar-refractivity contribution in [2.24, 2.45) is 0 Å². The summed E-state index contributed by atoms with van der Waals surface area (Å²) in [5.41, 5.74) is 1.81. The molecule has 0 aliphatic carbocycles. The second-order valence-corrected chi connectivity index (χ2v) is 6.61. The largest absolute Gasteiger partial charge is 0.481 e. The minimum Gasteiger partial charge on any atom is -0.481 e. The number of fused-ring (bicyclic) bond motifs is 1. The molecule has 1 unspecified atom stereocenters. The number of benzene rings is 2. The molecule has 2 aromatic carbocycles. The van der Waals surface area contributed by atoms with Crippen molar-refractivity contribution in [1.29, 1.82) is 5.26 Å². The highest BCUT2D eigenvalue weighted by Crippen LogP contribution is 2.25. The summed E-state index contributed by atoms with van der Waals surface area (Å²) < 4.78 is 6.88. The third-order valence-corrected chi connectivity index (χ3v) is 4.93. The zero-order valence-electron chi connectivity index (χ0n) is 13.9. The van der Waals surface area contributed by atoms with Gasteiger partial charge in [-0.3, -0.25) is 4.79 Å². The Hall–Kier alpha value is -2.84. The van der Waals surface area contributed by atoms with E-state index in [2.05, 4.69) is 28.9 Å². The minimum absolute atomic E-state index is 0.149. The molecule has 0 saturated carbocycles. The van der Waals surface area contributed by atoms with Crippen molar-refractivity contribution < 1.29 is 9.53 Å². The summed E-state index contributed by atoms with van der Waals surface area (Å²) in [5.74, 6) is 0.425. The molecule has 0 saturated heterocycles. The summed E-state index contributed by atoms with van der Waals surface area (Å²) in [5, 5.41) is 15.1. The van der Waals surface area contributed by atoms with Gasteiger partial charge in [0.15, 0.2) is 6.10 Å². The summed E-state index contributed by atoms with van der Waals surface area (Å²) in [6.45, 7) is 2.29. The molecule has 1 N–H and O–H groups in total. The average Bonchev–Trinajstić information content (AvgIpc) is 3.05. The van der Waals surface area contributed by atoms with Crippen molar-refractivity contribution in [3.8, 4) is 11.8 Å². The molecule has 0 fully saturated rings. The molecule has 126 valence electrons. The lowest BCUT2D eigenvalue weighted by Crippen LogP contribution is -2.37. The first kappa shape index (κ1) is 17.0. The second kappa shape index (κ2) is 7.82. The number of nitrogens with one attached hydrogen (secondary N) is 1. The van der Waals surface area contributed by atoms with Gasteiger partial charge in [-0.15, -0.1) is 11.3 Å². The van der Waals surface area contributed by atoms with E-state index in [9.17, 15) is 4.79 Å². The normalized spacial score (nSPS) is 11.7. The summed E-state index contributed by atoms with van der Waals surface area (Å²) >= 11 is 1.72. The van der Waals surface area contributed by atoms with Crippen molar-refractivity contribution in [3.63, 3.8) is 0 Å². The lowest BCUT2D eigenvalue weighted by atomic mass is 10.1. The van der Waals surface area contributed by atoms with E-state index < -0.39 is 6.10 Å². The number of amides is 1. The number of carbonyl (C=O) groups excluding carboxylic acids is 1. The topological polar surface area (TPSA) is 62.1 Å². The maximum Gasteiger partial charge on any atom is 0.260 e. The lowest BCUT2D eigenvalue weighted by Gasteiger charge is -2.14. The van der Waals surface area contributed by atoms with Crippen molar-refractivity contribution in [2.75, 3.05) is 6.54 Å². The van der Waals surface area contributed by atoms with Gasteiger partial charge in [-0.05, 0) is 60.0 Å². The molecule has 0 bridgehead atoms. The molecule has 1 atom stereocenters. The number of carbonyl (C=O) groups is 1. The van der Waals surface area contributed by atoms with Crippen LogP contribution in [-0.4, -0.2) is 18.6 Å². The van der Waals surface area contributed by atoms with Crippen LogP contribution < -0.4 is 10.1 Å². The van der Waals surface area contributed by atoms with Gasteiger partial charge in [-0.25, -0.2) is 0 Å². The first-order valence-electron chi connectivity index (χ1n) is 8.07. The predicted molar refractivity (Wildman–Crippen MR) is 99.8 cm³/mol. The highest BCUT2D eigenvalue weighted by atomic mass is 32.1. The fourth-order valence-electron chi connectivity index (χ4n) is 2.56. The summed E-state index contributed by atoms with van der Waals surface area (Å²) in [4.78, 5) is 12.2. The molecule has 0 aliphatic heterocycles. The molecule has 0 radical (unpaired) electrons. The van der Waals surface area contributed by atoms with E-state index in [1.165, 1.54) is 15.6 Å². The van der Waals surface area contributed by atoms with Gasteiger partial charge in [0, 0.05) is 11.2 Å². The lowest BCUT2D eigenvalue weighted by molar-refractivity contribution is -0.127. The maximum absolute atomic E-state index is 12.2. The van der Waals surface area contributed by atoms with E-state index in [1.54, 1.807) is 42.5 Å². The van der Waals surface area contributed by atoms with Crippen molar-refractivity contribution in [1.82, 2.24) is 5.32 Å². The van der Waals surface area contributed by atoms with Gasteiger partial charge in [0.25, 0.3) is 5.91 Å². The van der Waals surface area contributed by atoms with Crippen molar-refractivity contribution in [2.45, 2.75) is 19.4 Å². The van der Waals surface area contributed by atoms with Gasteiger partial charge >= 0.3 is 0 Å². The predicted octanol–water partition coefficient (Wildman–Crippen LogP) is 3.90. The Labute approximate surface area is 150 Å². The van der Waals surface area contributed by atoms with Gasteiger partial charge in [-0.1, -0.05) is 18.2 Å². The number of hydrogen-bond donors (Lipinski definition) is 1. The third-order valence-electron chi connectivity index (χ3n) is 3.92. The Morgan fingerprint density at radius 2 is 2.00 bits per heavy atom. The first-order valence-corrected chi connectivity index (χ1v) is 8.95. The van der Waals surface area contributed by atoms with E-state index in [-0.39, 0.29) is 5.91 Å². The Morgan fingerprint density at radius 3 is 2.76 bits per heavy atom. The van der Waals surface area contributed by atoms with Gasteiger partial charge in [0.1, 0.15) is 5.75 Å². The molecule has 4 nitrogen and oxygen atoms in total. The van der Waals surface area contributed by atoms with Crippen LogP contribution in [0.25, 0.3) is 10.1 Å². The molecule has 1 amide bonds. The zero-order valence-corrected chi connectivity index (χ0v) is 14.7. The van der Waals surface area contributed by atoms with E-state index in [0.29, 0.717) is 17.9 Å². The number of rotatable bonds is 6. The Morgan fingerprint density at radius 1 is 1.24 bits per heavy atom. The SMILES string of the molecule is CC(Oc1ccc(C#N)cc1)C(=O)NCCc1csc2ccccc12. The highest BCUT2D eigenvalue weighted by molar-refractivity contribution is 7.17. The Bertz CT molecular complexity index is 909. The molecular weight excluding hydrogens is 332 g/mol. The molecule has 0 spiro atoms. The summed E-state index contributed by atoms with van der Waals surface area (Å²) in [6.07, 6.45) is 0.200. The molecule has 1 aromatic heterocycles. The standard InChI is InChI=1S/C20H18N2O2S/c1-14(24-17-8-6-15(12-21)7-9-17)20(23)22-11-10-16-13-25-19-5-3-2-4-18(16)19/h2-9,13-14H,10-11H2,1H3,(H,22,23). The van der Waals surface area contributed by atoms with E-state index in [0.717, 1.165) is 6.42 Å². The first-order chi connectivity index (χ1) is 12.2. The van der Waals surface area contributed by atoms with Crippen molar-refractivity contribution in [3.05, 3.63) is 65.0 Å². The highest BCUT2D eigenvalue weighted by Gasteiger charge is 2.14. The van der Waals surface area contributed by atoms with Crippen LogP contribution >= 0.6 is 11.3 Å². The molecular formula is C20H18N2O2S. The molecule has 25 heavy (non-hydrogen) atoms. The second-order valence-electron chi connectivity index (χ2n) is 5.69. The van der Waals surface area contributed by atoms with Gasteiger partial charge < -0.3 is 10.1 Å². The van der Waals surface area contributed by atoms with Gasteiger partial charge in [0.05, 0.1) is 11.6 Å².